The number of hydrogen-bond donors (Lipinski definition) is 0. The summed E-state index contributed by atoms with van der Waals surface area (Å²) in [7, 11) is 0. The maximum Gasteiger partial charge on any atom is 0.363 e. The largest absolute Gasteiger partial charge is 0.488 e. The number of carbonyl (C=O) groups excluding carboxylic acids is 1. The summed E-state index contributed by atoms with van der Waals surface area (Å²) in [5.74, 6) is 0.292. The topological polar surface area (TPSA) is 47.9 Å². The smallest absolute Gasteiger partial charge is 0.363 e. The van der Waals surface area contributed by atoms with Gasteiger partial charge in [0.2, 0.25) is 5.90 Å². The third-order valence-corrected chi connectivity index (χ3v) is 5.76. The van der Waals surface area contributed by atoms with E-state index in [0.29, 0.717) is 28.0 Å². The molecule has 0 saturated carbocycles. The Labute approximate surface area is 197 Å². The van der Waals surface area contributed by atoms with E-state index in [9.17, 15) is 4.79 Å². The summed E-state index contributed by atoms with van der Waals surface area (Å²) in [5, 5.41) is 0.778. The summed E-state index contributed by atoms with van der Waals surface area (Å²) < 4.78 is 12.4. The monoisotopic (exact) mass is 549 g/mol. The molecule has 4 rings (SSSR count). The molecule has 7 heteroatoms. The van der Waals surface area contributed by atoms with Crippen molar-refractivity contribution >= 4 is 63.7 Å². The number of esters is 1. The van der Waals surface area contributed by atoms with Crippen molar-refractivity contribution in [3.05, 3.63) is 103 Å². The Bertz CT molecular complexity index is 1170. The zero-order valence-corrected chi connectivity index (χ0v) is 19.1. The molecule has 3 aromatic carbocycles. The molecule has 150 valence electrons. The van der Waals surface area contributed by atoms with Crippen LogP contribution in [0.5, 0.6) is 5.75 Å². The summed E-state index contributed by atoms with van der Waals surface area (Å²) in [6, 6.07) is 20.5. The van der Waals surface area contributed by atoms with E-state index in [1.807, 2.05) is 48.5 Å². The second kappa shape index (κ2) is 9.20. The van der Waals surface area contributed by atoms with Crippen LogP contribution in [-0.2, 0) is 16.1 Å². The van der Waals surface area contributed by atoms with Crippen LogP contribution in [0.1, 0.15) is 16.7 Å². The standard InChI is InChI=1S/C23H14Cl2INO3/c24-18-10-7-16(11-19(18)25)22-27-20(23(28)30-22)12-15-3-1-2-4-21(15)29-13-14-5-8-17(26)9-6-14/h1-12H,13H2/b20-12-. The molecule has 0 aliphatic carbocycles. The maximum absolute atomic E-state index is 12.3. The number of nitrogens with zero attached hydrogens (tertiary/aromatic N) is 1. The van der Waals surface area contributed by atoms with Crippen molar-refractivity contribution in [1.82, 2.24) is 0 Å². The minimum absolute atomic E-state index is 0.182. The van der Waals surface area contributed by atoms with Crippen LogP contribution in [0.3, 0.4) is 0 Å². The number of halogens is 3. The zero-order valence-electron chi connectivity index (χ0n) is 15.4. The molecule has 0 aromatic heterocycles. The highest BCUT2D eigenvalue weighted by Crippen LogP contribution is 2.28. The molecule has 1 heterocycles. The lowest BCUT2D eigenvalue weighted by atomic mass is 10.1. The molecule has 4 nitrogen and oxygen atoms in total. The van der Waals surface area contributed by atoms with Gasteiger partial charge in [-0.05, 0) is 70.6 Å². The summed E-state index contributed by atoms with van der Waals surface area (Å²) in [4.78, 5) is 16.7. The second-order valence-corrected chi connectivity index (χ2v) is 8.48. The van der Waals surface area contributed by atoms with Crippen molar-refractivity contribution in [3.8, 4) is 5.75 Å². The first-order valence-electron chi connectivity index (χ1n) is 8.94. The molecule has 0 amide bonds. The van der Waals surface area contributed by atoms with Crippen LogP contribution < -0.4 is 4.74 Å². The van der Waals surface area contributed by atoms with Gasteiger partial charge in [0.05, 0.1) is 10.0 Å². The van der Waals surface area contributed by atoms with Crippen molar-refractivity contribution in [3.63, 3.8) is 0 Å². The fourth-order valence-corrected chi connectivity index (χ4v) is 3.44. The van der Waals surface area contributed by atoms with Gasteiger partial charge in [0.1, 0.15) is 12.4 Å². The number of aliphatic imine (C=N–C) groups is 1. The summed E-state index contributed by atoms with van der Waals surface area (Å²) in [6.07, 6.45) is 1.65. The molecule has 0 radical (unpaired) electrons. The van der Waals surface area contributed by atoms with E-state index < -0.39 is 5.97 Å². The Kier molecular flexibility index (Phi) is 6.41. The molecule has 0 fully saturated rings. The van der Waals surface area contributed by atoms with Gasteiger partial charge in [-0.15, -0.1) is 0 Å². The van der Waals surface area contributed by atoms with Crippen LogP contribution in [0.25, 0.3) is 6.08 Å². The molecular formula is C23H14Cl2INO3. The molecular weight excluding hydrogens is 536 g/mol. The molecule has 0 saturated heterocycles. The van der Waals surface area contributed by atoms with E-state index in [4.69, 9.17) is 32.7 Å². The molecule has 30 heavy (non-hydrogen) atoms. The minimum Gasteiger partial charge on any atom is -0.488 e. The minimum atomic E-state index is -0.538. The van der Waals surface area contributed by atoms with Gasteiger partial charge in [-0.2, -0.15) is 0 Å². The number of benzene rings is 3. The van der Waals surface area contributed by atoms with Gasteiger partial charge in [-0.1, -0.05) is 53.5 Å². The van der Waals surface area contributed by atoms with Crippen LogP contribution in [0.15, 0.2) is 77.4 Å². The fraction of sp³-hybridized carbons (Fsp3) is 0.0435. The van der Waals surface area contributed by atoms with Crippen LogP contribution in [0.2, 0.25) is 10.0 Å². The third-order valence-electron chi connectivity index (χ3n) is 4.31. The van der Waals surface area contributed by atoms with Gasteiger partial charge in [0.25, 0.3) is 0 Å². The van der Waals surface area contributed by atoms with Crippen LogP contribution in [-0.4, -0.2) is 11.9 Å². The van der Waals surface area contributed by atoms with Crippen LogP contribution in [0, 0.1) is 3.57 Å². The second-order valence-electron chi connectivity index (χ2n) is 6.42. The number of ether oxygens (including phenoxy) is 2. The van der Waals surface area contributed by atoms with Crippen molar-refractivity contribution in [1.29, 1.82) is 0 Å². The number of carbonyl (C=O) groups is 1. The van der Waals surface area contributed by atoms with E-state index in [-0.39, 0.29) is 11.6 Å². The average Bonchev–Trinajstić information content (AvgIpc) is 3.11. The molecule has 0 bridgehead atoms. The van der Waals surface area contributed by atoms with E-state index in [2.05, 4.69) is 27.6 Å². The summed E-state index contributed by atoms with van der Waals surface area (Å²) in [5.41, 5.74) is 2.54. The van der Waals surface area contributed by atoms with E-state index in [1.165, 1.54) is 0 Å². The Balaban J connectivity index is 1.58. The summed E-state index contributed by atoms with van der Waals surface area (Å²) in [6.45, 7) is 0.416. The summed E-state index contributed by atoms with van der Waals surface area (Å²) >= 11 is 14.3. The number of hydrogen-bond acceptors (Lipinski definition) is 4. The third kappa shape index (κ3) is 4.86. The molecule has 0 atom stereocenters. The maximum atomic E-state index is 12.3. The first-order chi connectivity index (χ1) is 14.5. The number of cyclic esters (lactones) is 1. The van der Waals surface area contributed by atoms with Crippen molar-refractivity contribution < 1.29 is 14.3 Å². The van der Waals surface area contributed by atoms with Crippen LogP contribution >= 0.6 is 45.8 Å². The normalized spacial score (nSPS) is 14.6. The Hall–Kier alpha value is -2.35. The highest BCUT2D eigenvalue weighted by molar-refractivity contribution is 14.1. The highest BCUT2D eigenvalue weighted by atomic mass is 127. The van der Waals surface area contributed by atoms with E-state index in [1.54, 1.807) is 24.3 Å². The molecule has 0 unspecified atom stereocenters. The van der Waals surface area contributed by atoms with E-state index in [0.717, 1.165) is 14.7 Å². The zero-order chi connectivity index (χ0) is 21.1. The molecule has 3 aromatic rings. The highest BCUT2D eigenvalue weighted by Gasteiger charge is 2.25. The van der Waals surface area contributed by atoms with Gasteiger partial charge in [-0.25, -0.2) is 9.79 Å². The lowest BCUT2D eigenvalue weighted by Gasteiger charge is -2.09. The molecule has 0 spiro atoms. The Morgan fingerprint density at radius 1 is 1.00 bits per heavy atom. The predicted octanol–water partition coefficient (Wildman–Crippen LogP) is 6.52. The lowest BCUT2D eigenvalue weighted by molar-refractivity contribution is -0.129. The van der Waals surface area contributed by atoms with Gasteiger partial charge >= 0.3 is 5.97 Å². The SMILES string of the molecule is O=C1OC(c2ccc(Cl)c(Cl)c2)=N/C1=C\c1ccccc1OCc1ccc(I)cc1. The van der Waals surface area contributed by atoms with Gasteiger partial charge < -0.3 is 9.47 Å². The predicted molar refractivity (Wildman–Crippen MR) is 127 cm³/mol. The number of rotatable bonds is 5. The van der Waals surface area contributed by atoms with Gasteiger partial charge in [0, 0.05) is 14.7 Å². The van der Waals surface area contributed by atoms with Gasteiger partial charge in [0.15, 0.2) is 5.70 Å². The van der Waals surface area contributed by atoms with Crippen LogP contribution in [0.4, 0.5) is 0 Å². The molecule has 1 aliphatic heterocycles. The average molecular weight is 550 g/mol. The first-order valence-corrected chi connectivity index (χ1v) is 10.8. The van der Waals surface area contributed by atoms with Crippen molar-refractivity contribution in [2.45, 2.75) is 6.61 Å². The van der Waals surface area contributed by atoms with E-state index >= 15 is 0 Å². The Morgan fingerprint density at radius 2 is 1.77 bits per heavy atom. The molecule has 1 aliphatic rings. The van der Waals surface area contributed by atoms with Crippen molar-refractivity contribution in [2.75, 3.05) is 0 Å². The van der Waals surface area contributed by atoms with Gasteiger partial charge in [-0.3, -0.25) is 0 Å². The van der Waals surface area contributed by atoms with Crippen molar-refractivity contribution in [2.24, 2.45) is 4.99 Å². The lowest BCUT2D eigenvalue weighted by Crippen LogP contribution is -2.05. The number of para-hydroxylation sites is 1. The Morgan fingerprint density at radius 3 is 2.53 bits per heavy atom. The fourth-order valence-electron chi connectivity index (χ4n) is 2.78. The molecule has 0 N–H and O–H groups in total. The quantitative estimate of drug-likeness (QED) is 0.207. The first kappa shape index (κ1) is 20.9.